The topological polar surface area (TPSA) is 92.8 Å². The first kappa shape index (κ1) is 20.4. The first-order valence-electron chi connectivity index (χ1n) is 8.17. The van der Waals surface area contributed by atoms with Crippen LogP contribution >= 0.6 is 0 Å². The maximum atomic E-state index is 12.7. The van der Waals surface area contributed by atoms with Gasteiger partial charge in [0.2, 0.25) is 0 Å². The van der Waals surface area contributed by atoms with Gasteiger partial charge in [0, 0.05) is 19.8 Å². The highest BCUT2D eigenvalue weighted by Gasteiger charge is 2.20. The van der Waals surface area contributed by atoms with Gasteiger partial charge in [-0.15, -0.1) is 0 Å². The Morgan fingerprint density at radius 1 is 1.07 bits per heavy atom. The molecule has 144 valence electrons. The molecule has 8 heteroatoms. The number of aryl methyl sites for hydroxylation is 2. The monoisotopic (exact) mass is 390 g/mol. The second kappa shape index (κ2) is 8.22. The van der Waals surface area contributed by atoms with Gasteiger partial charge >= 0.3 is 5.97 Å². The lowest BCUT2D eigenvalue weighted by Gasteiger charge is -2.13. The number of hydrogen-bond acceptors (Lipinski definition) is 5. The summed E-state index contributed by atoms with van der Waals surface area (Å²) in [4.78, 5) is 25.0. The number of anilines is 1. The van der Waals surface area contributed by atoms with E-state index in [0.717, 1.165) is 5.56 Å². The minimum atomic E-state index is -3.89. The molecule has 0 radical (unpaired) electrons. The van der Waals surface area contributed by atoms with Gasteiger partial charge < -0.3 is 9.64 Å². The summed E-state index contributed by atoms with van der Waals surface area (Å²) in [6, 6.07) is 11.2. The first-order valence-corrected chi connectivity index (χ1v) is 9.66. The molecule has 1 N–H and O–H groups in total. The molecule has 7 nitrogen and oxygen atoms in total. The van der Waals surface area contributed by atoms with Crippen molar-refractivity contribution in [3.8, 4) is 0 Å². The van der Waals surface area contributed by atoms with Gasteiger partial charge in [-0.1, -0.05) is 18.2 Å². The number of nitrogens with zero attached hydrogens (tertiary/aromatic N) is 1. The quantitative estimate of drug-likeness (QED) is 0.765. The molecule has 0 aliphatic rings. The summed E-state index contributed by atoms with van der Waals surface area (Å²) >= 11 is 0. The van der Waals surface area contributed by atoms with Gasteiger partial charge in [0.25, 0.3) is 15.9 Å². The number of carbonyl (C=O) groups is 2. The maximum Gasteiger partial charge on any atom is 0.338 e. The molecule has 0 aromatic heterocycles. The summed E-state index contributed by atoms with van der Waals surface area (Å²) in [7, 11) is -0.804. The van der Waals surface area contributed by atoms with Crippen molar-refractivity contribution in [2.45, 2.75) is 18.7 Å². The number of rotatable bonds is 6. The van der Waals surface area contributed by atoms with Gasteiger partial charge in [0.15, 0.2) is 6.61 Å². The molecule has 27 heavy (non-hydrogen) atoms. The third-order valence-corrected chi connectivity index (χ3v) is 5.33. The number of likely N-dealkylation sites (N-methyl/N-ethyl adjacent to an activating group) is 1. The van der Waals surface area contributed by atoms with Crippen LogP contribution in [-0.2, 0) is 19.6 Å². The number of benzene rings is 2. The zero-order valence-electron chi connectivity index (χ0n) is 15.6. The molecule has 0 atom stereocenters. The molecular formula is C19H22N2O5S. The van der Waals surface area contributed by atoms with E-state index >= 15 is 0 Å². The Morgan fingerprint density at radius 2 is 1.78 bits per heavy atom. The van der Waals surface area contributed by atoms with Crippen molar-refractivity contribution in [1.29, 1.82) is 0 Å². The molecule has 0 aliphatic carbocycles. The molecule has 2 aromatic rings. The summed E-state index contributed by atoms with van der Waals surface area (Å²) in [6.07, 6.45) is 0. The summed E-state index contributed by atoms with van der Waals surface area (Å²) in [5, 5.41) is 0. The van der Waals surface area contributed by atoms with Crippen LogP contribution in [0.4, 0.5) is 5.69 Å². The fourth-order valence-electron chi connectivity index (χ4n) is 2.27. The highest BCUT2D eigenvalue weighted by molar-refractivity contribution is 7.92. The van der Waals surface area contributed by atoms with Crippen LogP contribution in [0.5, 0.6) is 0 Å². The molecule has 0 bridgehead atoms. The van der Waals surface area contributed by atoms with Crippen LogP contribution in [0.3, 0.4) is 0 Å². The van der Waals surface area contributed by atoms with Gasteiger partial charge in [0.1, 0.15) is 0 Å². The molecule has 0 heterocycles. The average Bonchev–Trinajstić information content (AvgIpc) is 2.59. The summed E-state index contributed by atoms with van der Waals surface area (Å²) < 4.78 is 32.9. The van der Waals surface area contributed by atoms with Gasteiger partial charge in [0.05, 0.1) is 10.5 Å². The summed E-state index contributed by atoms with van der Waals surface area (Å²) in [5.74, 6) is -1.14. The fourth-order valence-corrected chi connectivity index (χ4v) is 3.60. The fraction of sp³-hybridized carbons (Fsp3) is 0.263. The van der Waals surface area contributed by atoms with Crippen molar-refractivity contribution in [2.75, 3.05) is 25.4 Å². The van der Waals surface area contributed by atoms with Crippen LogP contribution in [0, 0.1) is 13.8 Å². The Bertz CT molecular complexity index is 968. The van der Waals surface area contributed by atoms with E-state index in [1.807, 2.05) is 13.0 Å². The number of ether oxygens (including phenoxy) is 1. The predicted molar refractivity (Wildman–Crippen MR) is 102 cm³/mol. The normalized spacial score (nSPS) is 11.0. The molecule has 0 unspecified atom stereocenters. The first-order chi connectivity index (χ1) is 12.6. The highest BCUT2D eigenvalue weighted by Crippen LogP contribution is 2.22. The smallest absolute Gasteiger partial charge is 0.338 e. The van der Waals surface area contributed by atoms with E-state index in [1.54, 1.807) is 39.2 Å². The molecule has 0 fully saturated rings. The SMILES string of the molecule is Cc1cccc(NS(=O)(=O)c2cc(C(=O)OCC(=O)N(C)C)ccc2C)c1. The Labute approximate surface area is 159 Å². The zero-order valence-corrected chi connectivity index (χ0v) is 16.5. The molecule has 0 saturated carbocycles. The van der Waals surface area contributed by atoms with Crippen LogP contribution in [-0.4, -0.2) is 45.9 Å². The third kappa shape index (κ3) is 5.30. The van der Waals surface area contributed by atoms with Crippen LogP contribution in [0.25, 0.3) is 0 Å². The van der Waals surface area contributed by atoms with Crippen molar-refractivity contribution in [2.24, 2.45) is 0 Å². The van der Waals surface area contributed by atoms with Crippen molar-refractivity contribution in [3.05, 3.63) is 59.2 Å². The number of amides is 1. The van der Waals surface area contributed by atoms with Crippen molar-refractivity contribution < 1.29 is 22.7 Å². The lowest BCUT2D eigenvalue weighted by atomic mass is 10.1. The standard InChI is InChI=1S/C19H22N2O5S/c1-13-6-5-7-16(10-13)20-27(24,25)17-11-15(9-8-14(17)2)19(23)26-12-18(22)21(3)4/h5-11,20H,12H2,1-4H3. The van der Waals surface area contributed by atoms with Crippen molar-refractivity contribution in [3.63, 3.8) is 0 Å². The van der Waals surface area contributed by atoms with E-state index in [9.17, 15) is 18.0 Å². The van der Waals surface area contributed by atoms with Crippen LogP contribution in [0.1, 0.15) is 21.5 Å². The summed E-state index contributed by atoms with van der Waals surface area (Å²) in [5.41, 5.74) is 1.88. The third-order valence-electron chi connectivity index (χ3n) is 3.81. The number of esters is 1. The number of carbonyl (C=O) groups excluding carboxylic acids is 2. The Kier molecular flexibility index (Phi) is 6.22. The Balaban J connectivity index is 2.25. The molecule has 0 saturated heterocycles. The van der Waals surface area contributed by atoms with Crippen molar-refractivity contribution in [1.82, 2.24) is 4.90 Å². The van der Waals surface area contributed by atoms with Crippen LogP contribution in [0.15, 0.2) is 47.4 Å². The number of nitrogens with one attached hydrogen (secondary N) is 1. The van der Waals surface area contributed by atoms with E-state index < -0.39 is 22.6 Å². The van der Waals surface area contributed by atoms with Gasteiger partial charge in [-0.3, -0.25) is 9.52 Å². The summed E-state index contributed by atoms with van der Waals surface area (Å²) in [6.45, 7) is 3.08. The highest BCUT2D eigenvalue weighted by atomic mass is 32.2. The maximum absolute atomic E-state index is 12.7. The van der Waals surface area contributed by atoms with Gasteiger partial charge in [-0.05, 0) is 49.2 Å². The number of hydrogen-bond donors (Lipinski definition) is 1. The molecule has 2 rings (SSSR count). The Hall–Kier alpha value is -2.87. The molecule has 0 spiro atoms. The molecule has 0 aliphatic heterocycles. The van der Waals surface area contributed by atoms with Crippen molar-refractivity contribution >= 4 is 27.6 Å². The Morgan fingerprint density at radius 3 is 2.41 bits per heavy atom. The lowest BCUT2D eigenvalue weighted by Crippen LogP contribution is -2.27. The average molecular weight is 390 g/mol. The van der Waals surface area contributed by atoms with E-state index in [4.69, 9.17) is 4.74 Å². The molecule has 1 amide bonds. The minimum absolute atomic E-state index is 0.0302. The molecule has 2 aromatic carbocycles. The predicted octanol–water partition coefficient (Wildman–Crippen LogP) is 2.35. The second-order valence-corrected chi connectivity index (χ2v) is 7.97. The van der Waals surface area contributed by atoms with Gasteiger partial charge in [-0.25, -0.2) is 13.2 Å². The van der Waals surface area contributed by atoms with Crippen LogP contribution in [0.2, 0.25) is 0 Å². The second-order valence-electron chi connectivity index (χ2n) is 6.32. The van der Waals surface area contributed by atoms with Gasteiger partial charge in [-0.2, -0.15) is 0 Å². The van der Waals surface area contributed by atoms with E-state index in [0.29, 0.717) is 11.3 Å². The lowest BCUT2D eigenvalue weighted by molar-refractivity contribution is -0.131. The minimum Gasteiger partial charge on any atom is -0.452 e. The number of sulfonamides is 1. The van der Waals surface area contributed by atoms with Crippen LogP contribution < -0.4 is 4.72 Å². The van der Waals surface area contributed by atoms with E-state index in [1.165, 1.54) is 23.1 Å². The zero-order chi connectivity index (χ0) is 20.2. The largest absolute Gasteiger partial charge is 0.452 e. The molecular weight excluding hydrogens is 368 g/mol. The van der Waals surface area contributed by atoms with E-state index in [2.05, 4.69) is 4.72 Å². The van der Waals surface area contributed by atoms with E-state index in [-0.39, 0.29) is 16.4 Å².